The van der Waals surface area contributed by atoms with Gasteiger partial charge in [-0.15, -0.1) is 0 Å². The molecule has 1 aliphatic rings. The van der Waals surface area contributed by atoms with E-state index in [1.54, 1.807) is 6.07 Å². The first kappa shape index (κ1) is 19.6. The van der Waals surface area contributed by atoms with Gasteiger partial charge in [-0.1, -0.05) is 25.5 Å². The predicted octanol–water partition coefficient (Wildman–Crippen LogP) is 5.54. The fraction of sp³-hybridized carbons (Fsp3) is 0.400. The zero-order valence-corrected chi connectivity index (χ0v) is 14.8. The third-order valence-electron chi connectivity index (χ3n) is 4.44. The van der Waals surface area contributed by atoms with Crippen molar-refractivity contribution in [3.05, 3.63) is 53.3 Å². The molecule has 3 nitrogen and oxygen atoms in total. The standard InChI is InChI=1S/C20H20F4O3/c1-2-3-12-9-25-20(26-10-12)13-4-5-15(16(22)6-13)14-7-17(23)19(27-11-21)18(24)8-14/h4-8,12,20H,2-3,9-11H2,1H3. The van der Waals surface area contributed by atoms with Gasteiger partial charge >= 0.3 is 0 Å². The smallest absolute Gasteiger partial charge is 0.228 e. The summed E-state index contributed by atoms with van der Waals surface area (Å²) in [5.74, 6) is -3.39. The van der Waals surface area contributed by atoms with E-state index in [-0.39, 0.29) is 11.1 Å². The highest BCUT2D eigenvalue weighted by Crippen LogP contribution is 2.33. The van der Waals surface area contributed by atoms with E-state index in [9.17, 15) is 17.6 Å². The second-order valence-electron chi connectivity index (χ2n) is 6.42. The summed E-state index contributed by atoms with van der Waals surface area (Å²) in [6, 6.07) is 6.01. The van der Waals surface area contributed by atoms with Crippen LogP contribution in [0, 0.1) is 23.4 Å². The molecule has 2 aromatic carbocycles. The topological polar surface area (TPSA) is 27.7 Å². The van der Waals surface area contributed by atoms with Gasteiger partial charge in [0.25, 0.3) is 0 Å². The van der Waals surface area contributed by atoms with Crippen molar-refractivity contribution in [1.82, 2.24) is 0 Å². The molecule has 0 unspecified atom stereocenters. The van der Waals surface area contributed by atoms with Gasteiger partial charge in [0.15, 0.2) is 23.7 Å². The molecule has 3 rings (SSSR count). The summed E-state index contributed by atoms with van der Waals surface area (Å²) in [4.78, 5) is 0. The van der Waals surface area contributed by atoms with E-state index in [2.05, 4.69) is 11.7 Å². The van der Waals surface area contributed by atoms with Gasteiger partial charge in [0, 0.05) is 17.0 Å². The minimum atomic E-state index is -1.36. The third-order valence-corrected chi connectivity index (χ3v) is 4.44. The Bertz CT molecular complexity index is 766. The monoisotopic (exact) mass is 384 g/mol. The van der Waals surface area contributed by atoms with Crippen LogP contribution in [0.3, 0.4) is 0 Å². The molecule has 27 heavy (non-hydrogen) atoms. The fourth-order valence-electron chi connectivity index (χ4n) is 3.13. The van der Waals surface area contributed by atoms with Crippen LogP contribution in [0.2, 0.25) is 0 Å². The Kier molecular flexibility index (Phi) is 6.34. The highest BCUT2D eigenvalue weighted by Gasteiger charge is 2.24. The molecule has 0 radical (unpaired) electrons. The molecule has 0 atom stereocenters. The minimum absolute atomic E-state index is 0.00279. The van der Waals surface area contributed by atoms with Crippen molar-refractivity contribution >= 4 is 0 Å². The molecule has 0 N–H and O–H groups in total. The van der Waals surface area contributed by atoms with Gasteiger partial charge < -0.3 is 14.2 Å². The number of halogens is 4. The van der Waals surface area contributed by atoms with Crippen LogP contribution >= 0.6 is 0 Å². The fourth-order valence-corrected chi connectivity index (χ4v) is 3.13. The molecule has 0 saturated carbocycles. The Morgan fingerprint density at radius 3 is 2.22 bits per heavy atom. The van der Waals surface area contributed by atoms with Crippen LogP contribution in [0.15, 0.2) is 30.3 Å². The molecule has 1 aliphatic heterocycles. The maximum absolute atomic E-state index is 14.6. The number of ether oxygens (including phenoxy) is 3. The Morgan fingerprint density at radius 1 is 1.00 bits per heavy atom. The van der Waals surface area contributed by atoms with Gasteiger partial charge in [0.05, 0.1) is 13.2 Å². The number of hydrogen-bond donors (Lipinski definition) is 0. The van der Waals surface area contributed by atoms with Crippen molar-refractivity contribution in [2.45, 2.75) is 26.1 Å². The molecule has 0 aliphatic carbocycles. The van der Waals surface area contributed by atoms with Crippen LogP contribution in [0.25, 0.3) is 11.1 Å². The third kappa shape index (κ3) is 4.42. The molecule has 0 aromatic heterocycles. The van der Waals surface area contributed by atoms with Crippen molar-refractivity contribution in [2.24, 2.45) is 5.92 Å². The lowest BCUT2D eigenvalue weighted by molar-refractivity contribution is -0.206. The lowest BCUT2D eigenvalue weighted by atomic mass is 10.0. The van der Waals surface area contributed by atoms with Gasteiger partial charge in [0.2, 0.25) is 6.86 Å². The van der Waals surface area contributed by atoms with Gasteiger partial charge in [-0.05, 0) is 30.2 Å². The van der Waals surface area contributed by atoms with Gasteiger partial charge in [-0.2, -0.15) is 0 Å². The second-order valence-corrected chi connectivity index (χ2v) is 6.42. The normalized spacial score (nSPS) is 19.9. The van der Waals surface area contributed by atoms with Crippen molar-refractivity contribution in [3.8, 4) is 16.9 Å². The van der Waals surface area contributed by atoms with Crippen molar-refractivity contribution in [1.29, 1.82) is 0 Å². The number of hydrogen-bond acceptors (Lipinski definition) is 3. The average Bonchev–Trinajstić information content (AvgIpc) is 2.65. The first-order valence-electron chi connectivity index (χ1n) is 8.74. The molecule has 0 bridgehead atoms. The average molecular weight is 384 g/mol. The van der Waals surface area contributed by atoms with Gasteiger partial charge in [-0.3, -0.25) is 0 Å². The van der Waals surface area contributed by atoms with Crippen molar-refractivity contribution < 1.29 is 31.8 Å². The number of alkyl halides is 1. The van der Waals surface area contributed by atoms with Crippen LogP contribution in [-0.2, 0) is 9.47 Å². The van der Waals surface area contributed by atoms with E-state index in [0.717, 1.165) is 25.0 Å². The zero-order chi connectivity index (χ0) is 19.4. The predicted molar refractivity (Wildman–Crippen MR) is 91.4 cm³/mol. The summed E-state index contributed by atoms with van der Waals surface area (Å²) in [5.41, 5.74) is 0.473. The lowest BCUT2D eigenvalue weighted by Gasteiger charge is -2.29. The van der Waals surface area contributed by atoms with Crippen LogP contribution < -0.4 is 4.74 Å². The summed E-state index contributed by atoms with van der Waals surface area (Å²) in [6.07, 6.45) is 1.36. The van der Waals surface area contributed by atoms with E-state index in [1.165, 1.54) is 12.1 Å². The molecule has 146 valence electrons. The van der Waals surface area contributed by atoms with Crippen molar-refractivity contribution in [3.63, 3.8) is 0 Å². The SMILES string of the molecule is CCCC1COC(c2ccc(-c3cc(F)c(OCF)c(F)c3)c(F)c2)OC1. The van der Waals surface area contributed by atoms with Crippen molar-refractivity contribution in [2.75, 3.05) is 20.1 Å². The maximum atomic E-state index is 14.6. The molecular formula is C20H20F4O3. The van der Waals surface area contributed by atoms with Gasteiger partial charge in [-0.25, -0.2) is 17.6 Å². The summed E-state index contributed by atoms with van der Waals surface area (Å²) in [6.45, 7) is 1.79. The second kappa shape index (κ2) is 8.71. The first-order valence-corrected chi connectivity index (χ1v) is 8.74. The molecule has 1 heterocycles. The quantitative estimate of drug-likeness (QED) is 0.612. The van der Waals surface area contributed by atoms with E-state index >= 15 is 0 Å². The Labute approximate surface area is 154 Å². The van der Waals surface area contributed by atoms with E-state index < -0.39 is 36.4 Å². The Hall–Kier alpha value is -2.12. The van der Waals surface area contributed by atoms with Crippen LogP contribution in [0.5, 0.6) is 5.75 Å². The molecule has 1 saturated heterocycles. The molecule has 0 amide bonds. The van der Waals surface area contributed by atoms with Crippen LogP contribution in [0.1, 0.15) is 31.6 Å². The van der Waals surface area contributed by atoms with E-state index in [0.29, 0.717) is 24.7 Å². The largest absolute Gasteiger partial charge is 0.457 e. The van der Waals surface area contributed by atoms with E-state index in [4.69, 9.17) is 9.47 Å². The lowest BCUT2D eigenvalue weighted by Crippen LogP contribution is -2.27. The summed E-state index contributed by atoms with van der Waals surface area (Å²) >= 11 is 0. The Balaban J connectivity index is 1.80. The number of rotatable bonds is 6. The zero-order valence-electron chi connectivity index (χ0n) is 14.8. The summed E-state index contributed by atoms with van der Waals surface area (Å²) in [7, 11) is 0. The minimum Gasteiger partial charge on any atom is -0.457 e. The molecular weight excluding hydrogens is 364 g/mol. The molecule has 1 fully saturated rings. The highest BCUT2D eigenvalue weighted by molar-refractivity contribution is 5.66. The van der Waals surface area contributed by atoms with E-state index in [1.807, 2.05) is 0 Å². The van der Waals surface area contributed by atoms with Crippen LogP contribution in [-0.4, -0.2) is 20.1 Å². The summed E-state index contributed by atoms with van der Waals surface area (Å²) in [5, 5.41) is 0. The molecule has 0 spiro atoms. The summed E-state index contributed by atoms with van der Waals surface area (Å²) < 4.78 is 70.1. The number of benzene rings is 2. The first-order chi connectivity index (χ1) is 13.0. The maximum Gasteiger partial charge on any atom is 0.228 e. The Morgan fingerprint density at radius 2 is 1.67 bits per heavy atom. The highest BCUT2D eigenvalue weighted by atomic mass is 19.1. The molecule has 7 heteroatoms. The van der Waals surface area contributed by atoms with Gasteiger partial charge in [0.1, 0.15) is 5.82 Å². The van der Waals surface area contributed by atoms with Crippen LogP contribution in [0.4, 0.5) is 17.6 Å². The molecule has 2 aromatic rings.